The monoisotopic (exact) mass is 339 g/mol. The zero-order chi connectivity index (χ0) is 17.6. The number of non-ortho nitro benzene ring substituents is 1. The van der Waals surface area contributed by atoms with Crippen LogP contribution in [0, 0.1) is 15.9 Å². The molecule has 0 aliphatic rings. The zero-order valence-electron chi connectivity index (χ0n) is 13.1. The molecule has 0 fully saturated rings. The lowest BCUT2D eigenvalue weighted by Gasteiger charge is -2.06. The second-order valence-electron chi connectivity index (χ2n) is 5.21. The van der Waals surface area contributed by atoms with Gasteiger partial charge in [0.2, 0.25) is 0 Å². The predicted molar refractivity (Wildman–Crippen MR) is 91.2 cm³/mol. The van der Waals surface area contributed by atoms with Crippen molar-refractivity contribution >= 4 is 11.9 Å². The number of oxime groups is 1. The lowest BCUT2D eigenvalue weighted by molar-refractivity contribution is -0.384. The molecule has 0 N–H and O–H groups in total. The molecule has 3 rings (SSSR count). The molecule has 126 valence electrons. The molecule has 0 bridgehead atoms. The molecule has 0 radical (unpaired) electrons. The summed E-state index contributed by atoms with van der Waals surface area (Å²) in [4.78, 5) is 15.5. The van der Waals surface area contributed by atoms with E-state index in [1.54, 1.807) is 24.3 Å². The van der Waals surface area contributed by atoms with E-state index in [1.807, 2.05) is 22.9 Å². The Morgan fingerprint density at radius 1 is 1.16 bits per heavy atom. The van der Waals surface area contributed by atoms with Gasteiger partial charge in [-0.05, 0) is 42.0 Å². The Hall–Kier alpha value is -3.48. The molecule has 0 spiro atoms. The SMILES string of the molecule is O=[N+]([O-])c1cccc(CO/N=C\c2cccn2-c2ccc(F)cc2)c1. The van der Waals surface area contributed by atoms with Crippen LogP contribution in [-0.2, 0) is 11.4 Å². The van der Waals surface area contributed by atoms with Gasteiger partial charge >= 0.3 is 0 Å². The lowest BCUT2D eigenvalue weighted by atomic mass is 10.2. The van der Waals surface area contributed by atoms with E-state index in [1.165, 1.54) is 30.5 Å². The third kappa shape index (κ3) is 4.08. The second kappa shape index (κ2) is 7.39. The minimum atomic E-state index is -0.456. The van der Waals surface area contributed by atoms with E-state index in [2.05, 4.69) is 5.16 Å². The third-order valence-electron chi connectivity index (χ3n) is 3.50. The average Bonchev–Trinajstić information content (AvgIpc) is 3.08. The van der Waals surface area contributed by atoms with E-state index < -0.39 is 4.92 Å². The van der Waals surface area contributed by atoms with Crippen molar-refractivity contribution in [3.05, 3.63) is 94.0 Å². The summed E-state index contributed by atoms with van der Waals surface area (Å²) in [5.74, 6) is -0.300. The van der Waals surface area contributed by atoms with Gasteiger partial charge in [0, 0.05) is 24.0 Å². The van der Waals surface area contributed by atoms with Crippen LogP contribution in [-0.4, -0.2) is 15.7 Å². The molecule has 2 aromatic carbocycles. The molecular weight excluding hydrogens is 325 g/mol. The van der Waals surface area contributed by atoms with Crippen LogP contribution in [0.25, 0.3) is 5.69 Å². The van der Waals surface area contributed by atoms with Crippen LogP contribution in [0.3, 0.4) is 0 Å². The Balaban J connectivity index is 1.66. The van der Waals surface area contributed by atoms with Gasteiger partial charge in [-0.2, -0.15) is 0 Å². The van der Waals surface area contributed by atoms with Gasteiger partial charge in [0.15, 0.2) is 0 Å². The van der Waals surface area contributed by atoms with Crippen molar-refractivity contribution in [1.29, 1.82) is 0 Å². The number of nitro benzene ring substituents is 1. The highest BCUT2D eigenvalue weighted by molar-refractivity contribution is 5.78. The first kappa shape index (κ1) is 16.4. The molecule has 6 nitrogen and oxygen atoms in total. The fourth-order valence-electron chi connectivity index (χ4n) is 2.30. The minimum Gasteiger partial charge on any atom is -0.391 e. The standard InChI is InChI=1S/C18H14FN3O3/c19-15-6-8-16(9-7-15)21-10-2-5-18(21)12-20-25-13-14-3-1-4-17(11-14)22(23)24/h1-12H,13H2/b20-12-. The average molecular weight is 339 g/mol. The van der Waals surface area contributed by atoms with Gasteiger partial charge in [-0.25, -0.2) is 4.39 Å². The zero-order valence-corrected chi connectivity index (χ0v) is 13.1. The van der Waals surface area contributed by atoms with E-state index in [-0.39, 0.29) is 18.1 Å². The molecule has 0 atom stereocenters. The maximum absolute atomic E-state index is 13.0. The fraction of sp³-hybridized carbons (Fsp3) is 0.0556. The van der Waals surface area contributed by atoms with Crippen LogP contribution in [0.1, 0.15) is 11.3 Å². The Kier molecular flexibility index (Phi) is 4.84. The summed E-state index contributed by atoms with van der Waals surface area (Å²) in [5, 5.41) is 14.6. The van der Waals surface area contributed by atoms with Crippen molar-refractivity contribution < 1.29 is 14.2 Å². The number of nitro groups is 1. The molecule has 0 saturated heterocycles. The van der Waals surface area contributed by atoms with Gasteiger partial charge in [0.05, 0.1) is 16.8 Å². The molecule has 0 aliphatic heterocycles. The highest BCUT2D eigenvalue weighted by atomic mass is 19.1. The van der Waals surface area contributed by atoms with Crippen LogP contribution in [0.2, 0.25) is 0 Å². The van der Waals surface area contributed by atoms with Gasteiger partial charge < -0.3 is 9.40 Å². The number of halogens is 1. The normalized spacial score (nSPS) is 10.9. The number of rotatable bonds is 6. The molecule has 0 aliphatic carbocycles. The number of hydrogen-bond donors (Lipinski definition) is 0. The Bertz CT molecular complexity index is 904. The summed E-state index contributed by atoms with van der Waals surface area (Å²) in [7, 11) is 0. The first-order valence-electron chi connectivity index (χ1n) is 7.45. The second-order valence-corrected chi connectivity index (χ2v) is 5.21. The summed E-state index contributed by atoms with van der Waals surface area (Å²) in [5.41, 5.74) is 2.22. The minimum absolute atomic E-state index is 0.00951. The number of hydrogen-bond acceptors (Lipinski definition) is 4. The Morgan fingerprint density at radius 2 is 1.96 bits per heavy atom. The molecule has 0 saturated carbocycles. The topological polar surface area (TPSA) is 69.7 Å². The molecule has 1 aromatic heterocycles. The quantitative estimate of drug-likeness (QED) is 0.386. The van der Waals surface area contributed by atoms with Gasteiger partial charge in [0.25, 0.3) is 5.69 Å². The number of aromatic nitrogens is 1. The van der Waals surface area contributed by atoms with Crippen molar-refractivity contribution in [3.63, 3.8) is 0 Å². The summed E-state index contributed by atoms with van der Waals surface area (Å²) in [6.07, 6.45) is 3.36. The highest BCUT2D eigenvalue weighted by Gasteiger charge is 2.05. The molecule has 1 heterocycles. The summed E-state index contributed by atoms with van der Waals surface area (Å²) < 4.78 is 14.9. The van der Waals surface area contributed by atoms with Gasteiger partial charge in [-0.1, -0.05) is 17.3 Å². The van der Waals surface area contributed by atoms with Crippen LogP contribution in [0.5, 0.6) is 0 Å². The van der Waals surface area contributed by atoms with Crippen LogP contribution < -0.4 is 0 Å². The molecular formula is C18H14FN3O3. The van der Waals surface area contributed by atoms with Crippen molar-refractivity contribution in [1.82, 2.24) is 4.57 Å². The first-order chi connectivity index (χ1) is 12.1. The van der Waals surface area contributed by atoms with E-state index in [0.29, 0.717) is 5.56 Å². The van der Waals surface area contributed by atoms with Gasteiger partial charge in [-0.3, -0.25) is 10.1 Å². The molecule has 0 amide bonds. The van der Waals surface area contributed by atoms with E-state index in [0.717, 1.165) is 11.4 Å². The number of nitrogens with zero attached hydrogens (tertiary/aromatic N) is 3. The predicted octanol–water partition coefficient (Wildman–Crippen LogP) is 4.08. The van der Waals surface area contributed by atoms with E-state index in [9.17, 15) is 14.5 Å². The largest absolute Gasteiger partial charge is 0.391 e. The fourth-order valence-corrected chi connectivity index (χ4v) is 2.30. The van der Waals surface area contributed by atoms with Gasteiger partial charge in [-0.15, -0.1) is 0 Å². The van der Waals surface area contributed by atoms with Crippen LogP contribution in [0.15, 0.2) is 72.0 Å². The maximum atomic E-state index is 13.0. The molecule has 3 aromatic rings. The van der Waals surface area contributed by atoms with Crippen LogP contribution in [0.4, 0.5) is 10.1 Å². The Labute approximate surface area is 142 Å². The van der Waals surface area contributed by atoms with Crippen molar-refractivity contribution in [3.8, 4) is 5.69 Å². The molecule has 0 unspecified atom stereocenters. The summed E-state index contributed by atoms with van der Waals surface area (Å²) >= 11 is 0. The Morgan fingerprint density at radius 3 is 2.72 bits per heavy atom. The van der Waals surface area contributed by atoms with Gasteiger partial charge in [0.1, 0.15) is 12.4 Å². The van der Waals surface area contributed by atoms with Crippen LogP contribution >= 0.6 is 0 Å². The summed E-state index contributed by atoms with van der Waals surface area (Å²) in [6.45, 7) is 0.120. The summed E-state index contributed by atoms with van der Waals surface area (Å²) in [6, 6.07) is 16.0. The van der Waals surface area contributed by atoms with E-state index >= 15 is 0 Å². The molecule has 25 heavy (non-hydrogen) atoms. The third-order valence-corrected chi connectivity index (χ3v) is 3.50. The van der Waals surface area contributed by atoms with E-state index in [4.69, 9.17) is 4.84 Å². The lowest BCUT2D eigenvalue weighted by Crippen LogP contribution is -1.98. The highest BCUT2D eigenvalue weighted by Crippen LogP contribution is 2.14. The van der Waals surface area contributed by atoms with Crippen molar-refractivity contribution in [2.24, 2.45) is 5.16 Å². The first-order valence-corrected chi connectivity index (χ1v) is 7.45. The number of benzene rings is 2. The van der Waals surface area contributed by atoms with Crippen molar-refractivity contribution in [2.45, 2.75) is 6.61 Å². The maximum Gasteiger partial charge on any atom is 0.269 e. The van der Waals surface area contributed by atoms with Crippen molar-refractivity contribution in [2.75, 3.05) is 0 Å². The smallest absolute Gasteiger partial charge is 0.269 e. The molecule has 7 heteroatoms.